The maximum atomic E-state index is 13.3. The highest BCUT2D eigenvalue weighted by atomic mass is 32.1. The molecule has 1 fully saturated rings. The summed E-state index contributed by atoms with van der Waals surface area (Å²) in [7, 11) is 0. The molecular weight excluding hydrogens is 289 g/mol. The topological polar surface area (TPSA) is 54.0 Å². The van der Waals surface area contributed by atoms with E-state index in [-0.39, 0.29) is 17.6 Å². The Bertz CT molecular complexity index is 857. The van der Waals surface area contributed by atoms with E-state index in [2.05, 4.69) is 15.6 Å². The second-order valence-corrected chi connectivity index (χ2v) is 6.14. The lowest BCUT2D eigenvalue weighted by Crippen LogP contribution is -2.48. The zero-order valence-corrected chi connectivity index (χ0v) is 11.8. The van der Waals surface area contributed by atoms with Crippen LogP contribution >= 0.6 is 11.3 Å². The van der Waals surface area contributed by atoms with Gasteiger partial charge in [-0.05, 0) is 29.7 Å². The van der Waals surface area contributed by atoms with Crippen LogP contribution in [0.4, 0.5) is 9.52 Å². The van der Waals surface area contributed by atoms with E-state index in [1.165, 1.54) is 23.5 Å². The summed E-state index contributed by atoms with van der Waals surface area (Å²) in [6.45, 7) is 1.44. The molecular formula is C15H12FN3OS. The molecule has 1 aliphatic rings. The Kier molecular flexibility index (Phi) is 2.87. The van der Waals surface area contributed by atoms with Gasteiger partial charge in [0.2, 0.25) is 5.91 Å². The molecule has 4 rings (SSSR count). The fourth-order valence-electron chi connectivity index (χ4n) is 2.42. The lowest BCUT2D eigenvalue weighted by molar-refractivity contribution is -0.121. The van der Waals surface area contributed by atoms with Gasteiger partial charge >= 0.3 is 0 Å². The Labute approximate surface area is 124 Å². The number of hydrogen-bond acceptors (Lipinski definition) is 4. The largest absolute Gasteiger partial charge is 0.315 e. The molecule has 0 atom stereocenters. The van der Waals surface area contributed by atoms with Crippen LogP contribution < -0.4 is 10.6 Å². The van der Waals surface area contributed by atoms with Gasteiger partial charge in [-0.15, -0.1) is 0 Å². The molecule has 0 bridgehead atoms. The van der Waals surface area contributed by atoms with Gasteiger partial charge in [0.25, 0.3) is 0 Å². The van der Waals surface area contributed by atoms with Crippen molar-refractivity contribution in [3.63, 3.8) is 0 Å². The van der Waals surface area contributed by atoms with E-state index in [0.717, 1.165) is 34.1 Å². The third-order valence-electron chi connectivity index (χ3n) is 3.71. The number of rotatable bonds is 2. The standard InChI is InChI=1S/C15H12FN3OS/c16-10-2-3-11-8(5-10)1-4-12-13(11)21-15(18-12)19-14(20)9-6-17-7-9/h1-5,9,17H,6-7H2,(H,18,19,20). The number of fused-ring (bicyclic) bond motifs is 3. The van der Waals surface area contributed by atoms with Crippen LogP contribution in [-0.2, 0) is 4.79 Å². The highest BCUT2D eigenvalue weighted by Gasteiger charge is 2.25. The van der Waals surface area contributed by atoms with Crippen LogP contribution in [0.25, 0.3) is 21.0 Å². The molecule has 2 N–H and O–H groups in total. The number of thiazole rings is 1. The molecule has 0 radical (unpaired) electrons. The molecule has 0 aliphatic carbocycles. The third kappa shape index (κ3) is 2.16. The molecule has 0 saturated carbocycles. The van der Waals surface area contributed by atoms with Crippen molar-refractivity contribution < 1.29 is 9.18 Å². The molecule has 21 heavy (non-hydrogen) atoms. The smallest absolute Gasteiger partial charge is 0.231 e. The van der Waals surface area contributed by atoms with Crippen LogP contribution in [-0.4, -0.2) is 24.0 Å². The number of hydrogen-bond donors (Lipinski definition) is 2. The van der Waals surface area contributed by atoms with E-state index in [1.54, 1.807) is 6.07 Å². The molecule has 0 unspecified atom stereocenters. The zero-order chi connectivity index (χ0) is 14.4. The van der Waals surface area contributed by atoms with Gasteiger partial charge in [0, 0.05) is 18.5 Å². The fourth-order valence-corrected chi connectivity index (χ4v) is 3.42. The molecule has 1 aromatic heterocycles. The number of halogens is 1. The van der Waals surface area contributed by atoms with E-state index in [0.29, 0.717) is 5.13 Å². The van der Waals surface area contributed by atoms with Crippen LogP contribution in [0.2, 0.25) is 0 Å². The summed E-state index contributed by atoms with van der Waals surface area (Å²) in [5.41, 5.74) is 0.821. The van der Waals surface area contributed by atoms with E-state index < -0.39 is 0 Å². The van der Waals surface area contributed by atoms with Crippen LogP contribution in [0.1, 0.15) is 0 Å². The van der Waals surface area contributed by atoms with Crippen LogP contribution in [0.3, 0.4) is 0 Å². The first kappa shape index (κ1) is 12.7. The van der Waals surface area contributed by atoms with Gasteiger partial charge in [-0.1, -0.05) is 17.4 Å². The predicted octanol–water partition coefficient (Wildman–Crippen LogP) is 2.75. The van der Waals surface area contributed by atoms with Crippen molar-refractivity contribution in [1.82, 2.24) is 10.3 Å². The fraction of sp³-hybridized carbons (Fsp3) is 0.200. The van der Waals surface area contributed by atoms with E-state index >= 15 is 0 Å². The molecule has 1 aliphatic heterocycles. The molecule has 2 aromatic carbocycles. The highest BCUT2D eigenvalue weighted by Crippen LogP contribution is 2.33. The Balaban J connectivity index is 1.74. The molecule has 106 valence electrons. The maximum absolute atomic E-state index is 13.3. The van der Waals surface area contributed by atoms with Crippen molar-refractivity contribution in [3.05, 3.63) is 36.1 Å². The Morgan fingerprint density at radius 1 is 1.33 bits per heavy atom. The first-order valence-electron chi connectivity index (χ1n) is 6.71. The average Bonchev–Trinajstić information content (AvgIpc) is 2.78. The maximum Gasteiger partial charge on any atom is 0.231 e. The summed E-state index contributed by atoms with van der Waals surface area (Å²) >= 11 is 1.43. The number of nitrogens with one attached hydrogen (secondary N) is 2. The summed E-state index contributed by atoms with van der Waals surface area (Å²) in [6, 6.07) is 8.41. The molecule has 2 heterocycles. The highest BCUT2D eigenvalue weighted by molar-refractivity contribution is 7.23. The number of benzene rings is 2. The first-order chi connectivity index (χ1) is 10.2. The number of aromatic nitrogens is 1. The lowest BCUT2D eigenvalue weighted by atomic mass is 10.0. The first-order valence-corrected chi connectivity index (χ1v) is 7.53. The summed E-state index contributed by atoms with van der Waals surface area (Å²) < 4.78 is 14.2. The SMILES string of the molecule is O=C(Nc1nc2ccc3cc(F)ccc3c2s1)C1CNC1. The molecule has 3 aromatic rings. The molecule has 1 amide bonds. The van der Waals surface area contributed by atoms with Crippen molar-refractivity contribution >= 4 is 43.4 Å². The van der Waals surface area contributed by atoms with Crippen molar-refractivity contribution in [2.24, 2.45) is 5.92 Å². The van der Waals surface area contributed by atoms with Crippen molar-refractivity contribution in [2.75, 3.05) is 18.4 Å². The number of carbonyl (C=O) groups is 1. The van der Waals surface area contributed by atoms with Gasteiger partial charge in [-0.3, -0.25) is 4.79 Å². The number of nitrogens with zero attached hydrogens (tertiary/aromatic N) is 1. The summed E-state index contributed by atoms with van der Waals surface area (Å²) in [4.78, 5) is 16.4. The summed E-state index contributed by atoms with van der Waals surface area (Å²) in [5, 5.41) is 8.33. The molecule has 0 spiro atoms. The zero-order valence-electron chi connectivity index (χ0n) is 11.0. The number of amides is 1. The minimum absolute atomic E-state index is 0.00292. The molecule has 4 nitrogen and oxygen atoms in total. The minimum Gasteiger partial charge on any atom is -0.315 e. The number of carbonyl (C=O) groups excluding carboxylic acids is 1. The van der Waals surface area contributed by atoms with E-state index in [9.17, 15) is 9.18 Å². The van der Waals surface area contributed by atoms with Crippen molar-refractivity contribution in [1.29, 1.82) is 0 Å². The lowest BCUT2D eigenvalue weighted by Gasteiger charge is -2.25. The van der Waals surface area contributed by atoms with Gasteiger partial charge in [0.15, 0.2) is 5.13 Å². The van der Waals surface area contributed by atoms with Gasteiger partial charge < -0.3 is 10.6 Å². The second kappa shape index (κ2) is 4.75. The van der Waals surface area contributed by atoms with Crippen molar-refractivity contribution in [2.45, 2.75) is 0 Å². The summed E-state index contributed by atoms with van der Waals surface area (Å²) in [5.74, 6) is -0.219. The Hall–Kier alpha value is -2.05. The Morgan fingerprint density at radius 2 is 2.19 bits per heavy atom. The minimum atomic E-state index is -0.252. The molecule has 1 saturated heterocycles. The van der Waals surface area contributed by atoms with Crippen LogP contribution in [0.5, 0.6) is 0 Å². The van der Waals surface area contributed by atoms with Gasteiger partial charge in [0.1, 0.15) is 5.82 Å². The number of anilines is 1. The van der Waals surface area contributed by atoms with E-state index in [1.807, 2.05) is 12.1 Å². The van der Waals surface area contributed by atoms with Gasteiger partial charge in [-0.2, -0.15) is 0 Å². The van der Waals surface area contributed by atoms with Gasteiger partial charge in [-0.25, -0.2) is 9.37 Å². The second-order valence-electron chi connectivity index (χ2n) is 5.14. The van der Waals surface area contributed by atoms with E-state index in [4.69, 9.17) is 0 Å². The van der Waals surface area contributed by atoms with Crippen LogP contribution in [0, 0.1) is 11.7 Å². The molecule has 6 heteroatoms. The third-order valence-corrected chi connectivity index (χ3v) is 4.73. The van der Waals surface area contributed by atoms with Crippen molar-refractivity contribution in [3.8, 4) is 0 Å². The average molecular weight is 301 g/mol. The monoisotopic (exact) mass is 301 g/mol. The van der Waals surface area contributed by atoms with Gasteiger partial charge in [0.05, 0.1) is 16.1 Å². The predicted molar refractivity (Wildman–Crippen MR) is 82.1 cm³/mol. The Morgan fingerprint density at radius 3 is 2.95 bits per heavy atom. The quantitative estimate of drug-likeness (QED) is 0.765. The summed E-state index contributed by atoms with van der Waals surface area (Å²) in [6.07, 6.45) is 0. The van der Waals surface area contributed by atoms with Crippen LogP contribution in [0.15, 0.2) is 30.3 Å². The normalized spacial score (nSPS) is 15.3.